The molecule has 276 valence electrons. The first-order valence-corrected chi connectivity index (χ1v) is 19.6. The molecule has 6 nitrogen and oxygen atoms in total. The fraction of sp³-hybridized carbons (Fsp3) is 0. The average Bonchev–Trinajstić information content (AvgIpc) is 3.71. The molecule has 0 aliphatic rings. The van der Waals surface area contributed by atoms with Gasteiger partial charge < -0.3 is 4.42 Å². The smallest absolute Gasteiger partial charge is 0.164 e. The summed E-state index contributed by atoms with van der Waals surface area (Å²) >= 11 is 0. The van der Waals surface area contributed by atoms with Gasteiger partial charge in [0, 0.05) is 63.4 Å². The van der Waals surface area contributed by atoms with Crippen molar-refractivity contribution in [1.82, 2.24) is 24.9 Å². The van der Waals surface area contributed by atoms with Gasteiger partial charge >= 0.3 is 0 Å². The third-order valence-electron chi connectivity index (χ3n) is 11.0. The zero-order valence-electron chi connectivity index (χ0n) is 31.7. The molecule has 0 amide bonds. The normalized spacial score (nSPS) is 11.4. The maximum absolute atomic E-state index is 7.06. The largest absolute Gasteiger partial charge is 0.455 e. The number of nitrogens with zero attached hydrogens (tertiary/aromatic N) is 5. The van der Waals surface area contributed by atoms with Gasteiger partial charge in [0.15, 0.2) is 17.5 Å². The molecule has 6 heteroatoms. The summed E-state index contributed by atoms with van der Waals surface area (Å²) in [5, 5.41) is 4.24. The number of fused-ring (bicyclic) bond motifs is 4. The van der Waals surface area contributed by atoms with E-state index in [1.165, 1.54) is 0 Å². The van der Waals surface area contributed by atoms with E-state index >= 15 is 0 Å². The van der Waals surface area contributed by atoms with Crippen LogP contribution in [0.25, 0.3) is 111 Å². The van der Waals surface area contributed by atoms with Crippen LogP contribution in [0.5, 0.6) is 0 Å². The highest BCUT2D eigenvalue weighted by molar-refractivity contribution is 6.15. The number of aromatic nitrogens is 5. The quantitative estimate of drug-likeness (QED) is 0.161. The molecule has 0 aliphatic heterocycles. The van der Waals surface area contributed by atoms with E-state index in [1.807, 2.05) is 110 Å². The molecule has 0 saturated heterocycles. The van der Waals surface area contributed by atoms with Gasteiger partial charge in [-0.25, -0.2) is 15.0 Å². The lowest BCUT2D eigenvalue weighted by molar-refractivity contribution is 0.671. The molecule has 11 aromatic rings. The van der Waals surface area contributed by atoms with Crippen molar-refractivity contribution in [3.8, 4) is 78.7 Å². The van der Waals surface area contributed by atoms with Crippen molar-refractivity contribution < 1.29 is 4.42 Å². The Bertz CT molecular complexity index is 3200. The third-order valence-corrected chi connectivity index (χ3v) is 11.0. The van der Waals surface area contributed by atoms with Gasteiger partial charge in [-0.05, 0) is 92.7 Å². The molecule has 0 unspecified atom stereocenters. The van der Waals surface area contributed by atoms with Crippen LogP contribution >= 0.6 is 0 Å². The maximum atomic E-state index is 7.06. The third kappa shape index (κ3) is 6.20. The summed E-state index contributed by atoms with van der Waals surface area (Å²) in [4.78, 5) is 23.6. The Morgan fingerprint density at radius 1 is 0.271 bits per heavy atom. The number of pyridine rings is 2. The van der Waals surface area contributed by atoms with Crippen molar-refractivity contribution in [1.29, 1.82) is 0 Å². The molecule has 0 radical (unpaired) electrons. The van der Waals surface area contributed by atoms with Crippen molar-refractivity contribution >= 4 is 32.7 Å². The predicted octanol–water partition coefficient (Wildman–Crippen LogP) is 13.4. The first-order chi connectivity index (χ1) is 29.2. The monoisotopic (exact) mass is 755 g/mol. The fourth-order valence-electron chi connectivity index (χ4n) is 8.12. The molecule has 11 rings (SSSR count). The number of benzene rings is 7. The van der Waals surface area contributed by atoms with E-state index in [0.717, 1.165) is 93.9 Å². The number of para-hydroxylation sites is 2. The van der Waals surface area contributed by atoms with Crippen molar-refractivity contribution in [2.24, 2.45) is 0 Å². The average molecular weight is 756 g/mol. The van der Waals surface area contributed by atoms with E-state index in [1.54, 1.807) is 0 Å². The molecule has 0 aliphatic carbocycles. The van der Waals surface area contributed by atoms with Crippen LogP contribution in [0.3, 0.4) is 0 Å². The van der Waals surface area contributed by atoms with Crippen LogP contribution in [0.1, 0.15) is 0 Å². The summed E-state index contributed by atoms with van der Waals surface area (Å²) in [5.74, 6) is 1.88. The van der Waals surface area contributed by atoms with Crippen molar-refractivity contribution in [2.45, 2.75) is 0 Å². The minimum Gasteiger partial charge on any atom is -0.455 e. The highest BCUT2D eigenvalue weighted by Gasteiger charge is 2.20. The first-order valence-electron chi connectivity index (χ1n) is 19.6. The molecule has 4 heterocycles. The second-order valence-corrected chi connectivity index (χ2v) is 14.5. The Labute approximate surface area is 340 Å². The van der Waals surface area contributed by atoms with Gasteiger partial charge in [-0.1, -0.05) is 127 Å². The van der Waals surface area contributed by atoms with Crippen LogP contribution in [-0.2, 0) is 0 Å². The molecule has 0 atom stereocenters. The molecular formula is C53H33N5O. The van der Waals surface area contributed by atoms with Gasteiger partial charge in [-0.15, -0.1) is 0 Å². The lowest BCUT2D eigenvalue weighted by atomic mass is 9.92. The van der Waals surface area contributed by atoms with Gasteiger partial charge in [0.05, 0.1) is 0 Å². The minimum atomic E-state index is 0.618. The van der Waals surface area contributed by atoms with E-state index < -0.39 is 0 Å². The molecule has 0 bridgehead atoms. The van der Waals surface area contributed by atoms with Crippen LogP contribution in [-0.4, -0.2) is 24.9 Å². The molecule has 7 aromatic carbocycles. The Balaban J connectivity index is 1.08. The second kappa shape index (κ2) is 14.4. The zero-order chi connectivity index (χ0) is 39.1. The summed E-state index contributed by atoms with van der Waals surface area (Å²) in [7, 11) is 0. The molecule has 0 saturated carbocycles. The van der Waals surface area contributed by atoms with E-state index in [0.29, 0.717) is 17.5 Å². The lowest BCUT2D eigenvalue weighted by Gasteiger charge is -2.13. The molecule has 0 spiro atoms. The molecule has 0 fully saturated rings. The maximum Gasteiger partial charge on any atom is 0.164 e. The summed E-state index contributed by atoms with van der Waals surface area (Å²) in [6, 6.07) is 60.7. The Morgan fingerprint density at radius 2 is 0.712 bits per heavy atom. The number of furan rings is 1. The van der Waals surface area contributed by atoms with Gasteiger partial charge in [-0.2, -0.15) is 0 Å². The Hall–Kier alpha value is -8.09. The van der Waals surface area contributed by atoms with Gasteiger partial charge in [-0.3, -0.25) is 9.97 Å². The number of rotatable bonds is 7. The second-order valence-electron chi connectivity index (χ2n) is 14.5. The highest BCUT2D eigenvalue weighted by atomic mass is 16.3. The van der Waals surface area contributed by atoms with E-state index in [-0.39, 0.29) is 0 Å². The topological polar surface area (TPSA) is 77.6 Å². The number of hydrogen-bond acceptors (Lipinski definition) is 6. The Morgan fingerprint density at radius 3 is 1.29 bits per heavy atom. The van der Waals surface area contributed by atoms with Gasteiger partial charge in [0.1, 0.15) is 11.2 Å². The van der Waals surface area contributed by atoms with E-state index in [4.69, 9.17) is 19.4 Å². The zero-order valence-corrected chi connectivity index (χ0v) is 31.7. The summed E-state index contributed by atoms with van der Waals surface area (Å²) in [6.45, 7) is 0. The summed E-state index contributed by atoms with van der Waals surface area (Å²) < 4.78 is 7.06. The van der Waals surface area contributed by atoms with Crippen LogP contribution in [0.15, 0.2) is 205 Å². The van der Waals surface area contributed by atoms with Gasteiger partial charge in [0.2, 0.25) is 0 Å². The van der Waals surface area contributed by atoms with E-state index in [9.17, 15) is 0 Å². The molecule has 4 aromatic heterocycles. The van der Waals surface area contributed by atoms with Gasteiger partial charge in [0.25, 0.3) is 0 Å². The number of hydrogen-bond donors (Lipinski definition) is 0. The predicted molar refractivity (Wildman–Crippen MR) is 238 cm³/mol. The first kappa shape index (κ1) is 34.2. The molecular weight excluding hydrogens is 723 g/mol. The van der Waals surface area contributed by atoms with Crippen LogP contribution in [0, 0.1) is 0 Å². The van der Waals surface area contributed by atoms with Crippen molar-refractivity contribution in [3.63, 3.8) is 0 Å². The minimum absolute atomic E-state index is 0.618. The van der Waals surface area contributed by atoms with Crippen molar-refractivity contribution in [2.75, 3.05) is 0 Å². The lowest BCUT2D eigenvalue weighted by Crippen LogP contribution is -2.00. The van der Waals surface area contributed by atoms with Crippen LogP contribution in [0.4, 0.5) is 0 Å². The van der Waals surface area contributed by atoms with E-state index in [2.05, 4.69) is 101 Å². The fourth-order valence-corrected chi connectivity index (χ4v) is 8.12. The van der Waals surface area contributed by atoms with Crippen LogP contribution < -0.4 is 0 Å². The van der Waals surface area contributed by atoms with Crippen LogP contribution in [0.2, 0.25) is 0 Å². The SMILES string of the molecule is c1ccc(-c2nc(-c3ccccc3)nc(-c3ccc(-c4cccc5c4oc4c(-c6cc(-c7ccncc7)cc(-c7ccncc7)c6)cccc45)c4ccccc34)n2)cc1. The highest BCUT2D eigenvalue weighted by Crippen LogP contribution is 2.44. The van der Waals surface area contributed by atoms with Crippen molar-refractivity contribution in [3.05, 3.63) is 201 Å². The standard InChI is InChI=1S/C53H33N5O/c1-3-11-36(12-4-1)51-56-52(37-13-5-2-6-14-37)58-53(57-51)48-22-21-44(42-15-7-8-16-43(42)48)45-18-10-20-47-46-19-9-17-41(49(46)59-50(45)47)40-32-38(34-23-27-54-28-24-34)31-39(33-40)35-25-29-55-30-26-35/h1-33H. The molecule has 0 N–H and O–H groups in total. The summed E-state index contributed by atoms with van der Waals surface area (Å²) in [6.07, 6.45) is 7.33. The Kier molecular flexibility index (Phi) is 8.37. The molecule has 59 heavy (non-hydrogen) atoms. The summed E-state index contributed by atoms with van der Waals surface area (Å²) in [5.41, 5.74) is 13.0.